The van der Waals surface area contributed by atoms with Gasteiger partial charge in [-0.15, -0.1) is 0 Å². The second-order valence-electron chi connectivity index (χ2n) is 5.89. The average Bonchev–Trinajstić information content (AvgIpc) is 2.70. The zero-order valence-corrected chi connectivity index (χ0v) is 14.1. The van der Waals surface area contributed by atoms with Gasteiger partial charge in [-0.3, -0.25) is 9.69 Å². The van der Waals surface area contributed by atoms with Gasteiger partial charge in [0.2, 0.25) is 0 Å². The van der Waals surface area contributed by atoms with Crippen LogP contribution in [0.1, 0.15) is 18.9 Å². The molecule has 0 unspecified atom stereocenters. The van der Waals surface area contributed by atoms with Gasteiger partial charge in [-0.25, -0.2) is 4.39 Å². The first-order chi connectivity index (χ1) is 11.5. The predicted octanol–water partition coefficient (Wildman–Crippen LogP) is 3.87. The van der Waals surface area contributed by atoms with Crippen LogP contribution in [-0.4, -0.2) is 17.4 Å². The van der Waals surface area contributed by atoms with Crippen molar-refractivity contribution in [2.75, 3.05) is 6.54 Å². The fraction of sp³-hybridized carbons (Fsp3) is 0.211. The van der Waals surface area contributed by atoms with Gasteiger partial charge < -0.3 is 5.73 Å². The van der Waals surface area contributed by atoms with Crippen molar-refractivity contribution in [3.8, 4) is 0 Å². The molecule has 0 saturated carbocycles. The first kappa shape index (κ1) is 16.7. The van der Waals surface area contributed by atoms with Gasteiger partial charge in [0, 0.05) is 30.4 Å². The SMILES string of the molecule is CC1=CCC(CN)=C2C=CC(Cc3cccc(Cl)c3F)=CN2C1=O. The summed E-state index contributed by atoms with van der Waals surface area (Å²) in [6.07, 6.45) is 8.46. The van der Waals surface area contributed by atoms with E-state index in [0.717, 1.165) is 16.8 Å². The van der Waals surface area contributed by atoms with Gasteiger partial charge in [0.1, 0.15) is 5.82 Å². The molecule has 124 valence electrons. The maximum absolute atomic E-state index is 14.1. The molecule has 0 fully saturated rings. The molecule has 3 nitrogen and oxygen atoms in total. The summed E-state index contributed by atoms with van der Waals surface area (Å²) >= 11 is 5.84. The van der Waals surface area contributed by atoms with Crippen LogP contribution in [0.15, 0.2) is 65.0 Å². The molecule has 0 bridgehead atoms. The number of fused-ring (bicyclic) bond motifs is 1. The molecule has 1 amide bonds. The highest BCUT2D eigenvalue weighted by Gasteiger charge is 2.24. The quantitative estimate of drug-likeness (QED) is 0.904. The molecule has 24 heavy (non-hydrogen) atoms. The summed E-state index contributed by atoms with van der Waals surface area (Å²) in [4.78, 5) is 14.2. The number of rotatable bonds is 3. The fourth-order valence-electron chi connectivity index (χ4n) is 2.86. The minimum Gasteiger partial charge on any atom is -0.327 e. The van der Waals surface area contributed by atoms with Gasteiger partial charge in [-0.05, 0) is 42.2 Å². The Balaban J connectivity index is 1.96. The third-order valence-electron chi connectivity index (χ3n) is 4.26. The van der Waals surface area contributed by atoms with Crippen LogP contribution in [0, 0.1) is 5.82 Å². The summed E-state index contributed by atoms with van der Waals surface area (Å²) in [6.45, 7) is 2.18. The Bertz CT molecular complexity index is 821. The lowest BCUT2D eigenvalue weighted by Gasteiger charge is -2.25. The molecule has 2 heterocycles. The molecule has 0 aliphatic carbocycles. The zero-order valence-electron chi connectivity index (χ0n) is 13.4. The van der Waals surface area contributed by atoms with E-state index < -0.39 is 5.82 Å². The molecular weight excluding hydrogens is 327 g/mol. The minimum absolute atomic E-state index is 0.0816. The van der Waals surface area contributed by atoms with Crippen molar-refractivity contribution in [3.63, 3.8) is 0 Å². The van der Waals surface area contributed by atoms with Crippen LogP contribution >= 0.6 is 11.6 Å². The van der Waals surface area contributed by atoms with E-state index >= 15 is 0 Å². The standard InChI is InChI=1S/C19H18ClFN2O/c1-12-5-7-15(10-22)17-8-6-13(11-23(17)19(12)24)9-14-3-2-4-16(20)18(14)21/h2-6,8,11H,7,9-10,22H2,1H3. The van der Waals surface area contributed by atoms with Crippen molar-refractivity contribution in [2.45, 2.75) is 19.8 Å². The molecule has 1 aromatic rings. The number of nitrogens with zero attached hydrogens (tertiary/aromatic N) is 1. The zero-order chi connectivity index (χ0) is 17.3. The van der Waals surface area contributed by atoms with Crippen molar-refractivity contribution in [2.24, 2.45) is 5.73 Å². The highest BCUT2D eigenvalue weighted by Crippen LogP contribution is 2.29. The number of allylic oxidation sites excluding steroid dienone is 4. The van der Waals surface area contributed by atoms with Crippen LogP contribution in [0.2, 0.25) is 5.02 Å². The van der Waals surface area contributed by atoms with Crippen molar-refractivity contribution in [3.05, 3.63) is 81.4 Å². The number of hydrogen-bond acceptors (Lipinski definition) is 2. The second-order valence-corrected chi connectivity index (χ2v) is 6.29. The van der Waals surface area contributed by atoms with Gasteiger partial charge in [-0.2, -0.15) is 0 Å². The second kappa shape index (κ2) is 6.75. The number of amides is 1. The topological polar surface area (TPSA) is 46.3 Å². The summed E-state index contributed by atoms with van der Waals surface area (Å²) in [5.74, 6) is -0.502. The summed E-state index contributed by atoms with van der Waals surface area (Å²) < 4.78 is 14.1. The maximum atomic E-state index is 14.1. The minimum atomic E-state index is -0.421. The molecule has 2 N–H and O–H groups in total. The molecule has 2 aliphatic rings. The number of nitrogens with two attached hydrogens (primary N) is 1. The molecule has 1 aromatic carbocycles. The molecule has 0 radical (unpaired) electrons. The van der Waals surface area contributed by atoms with Crippen molar-refractivity contribution < 1.29 is 9.18 Å². The molecule has 0 spiro atoms. The monoisotopic (exact) mass is 344 g/mol. The van der Waals surface area contributed by atoms with Crippen molar-refractivity contribution >= 4 is 17.5 Å². The normalized spacial score (nSPS) is 17.5. The summed E-state index contributed by atoms with van der Waals surface area (Å²) in [6, 6.07) is 4.93. The van der Waals surface area contributed by atoms with E-state index in [2.05, 4.69) is 0 Å². The molecule has 2 aliphatic heterocycles. The first-order valence-corrected chi connectivity index (χ1v) is 8.13. The number of benzene rings is 1. The van der Waals surface area contributed by atoms with E-state index in [1.54, 1.807) is 30.2 Å². The molecule has 5 heteroatoms. The molecule has 0 atom stereocenters. The third-order valence-corrected chi connectivity index (χ3v) is 4.55. The van der Waals surface area contributed by atoms with Gasteiger partial charge in [-0.1, -0.05) is 35.9 Å². The lowest BCUT2D eigenvalue weighted by Crippen LogP contribution is -2.28. The van der Waals surface area contributed by atoms with E-state index in [4.69, 9.17) is 17.3 Å². The van der Waals surface area contributed by atoms with E-state index in [0.29, 0.717) is 30.5 Å². The van der Waals surface area contributed by atoms with Crippen LogP contribution in [0.3, 0.4) is 0 Å². The van der Waals surface area contributed by atoms with Gasteiger partial charge in [0.15, 0.2) is 0 Å². The highest BCUT2D eigenvalue weighted by molar-refractivity contribution is 6.30. The van der Waals surface area contributed by atoms with Gasteiger partial charge >= 0.3 is 0 Å². The first-order valence-electron chi connectivity index (χ1n) is 7.75. The Kier molecular flexibility index (Phi) is 4.69. The molecule has 0 saturated heterocycles. The van der Waals surface area contributed by atoms with E-state index in [1.165, 1.54) is 6.07 Å². The maximum Gasteiger partial charge on any atom is 0.257 e. The number of carbonyl (C=O) groups is 1. The van der Waals surface area contributed by atoms with Crippen molar-refractivity contribution in [1.29, 1.82) is 0 Å². The van der Waals surface area contributed by atoms with E-state index in [-0.39, 0.29) is 10.9 Å². The van der Waals surface area contributed by atoms with E-state index in [1.807, 2.05) is 18.2 Å². The largest absolute Gasteiger partial charge is 0.327 e. The Morgan fingerprint density at radius 3 is 2.88 bits per heavy atom. The van der Waals surface area contributed by atoms with Crippen LogP contribution in [0.4, 0.5) is 4.39 Å². The third kappa shape index (κ3) is 3.07. The summed E-state index contributed by atoms with van der Waals surface area (Å²) in [7, 11) is 0. The van der Waals surface area contributed by atoms with Gasteiger partial charge in [0.25, 0.3) is 5.91 Å². The predicted molar refractivity (Wildman–Crippen MR) is 93.6 cm³/mol. The average molecular weight is 345 g/mol. The lowest BCUT2D eigenvalue weighted by molar-refractivity contribution is -0.123. The Hall–Kier alpha value is -2.17. The number of hydrogen-bond donors (Lipinski definition) is 1. The Labute approximate surface area is 145 Å². The van der Waals surface area contributed by atoms with Crippen LogP contribution < -0.4 is 5.73 Å². The van der Waals surface area contributed by atoms with Crippen LogP contribution in [-0.2, 0) is 11.2 Å². The summed E-state index contributed by atoms with van der Waals surface area (Å²) in [5, 5.41) is 0.100. The smallest absolute Gasteiger partial charge is 0.257 e. The van der Waals surface area contributed by atoms with Crippen LogP contribution in [0.25, 0.3) is 0 Å². The van der Waals surface area contributed by atoms with Crippen LogP contribution in [0.5, 0.6) is 0 Å². The van der Waals surface area contributed by atoms with Gasteiger partial charge in [0.05, 0.1) is 5.02 Å². The number of carbonyl (C=O) groups excluding carboxylic acids is 1. The molecule has 3 rings (SSSR count). The van der Waals surface area contributed by atoms with E-state index in [9.17, 15) is 9.18 Å². The lowest BCUT2D eigenvalue weighted by atomic mass is 10.0. The summed E-state index contributed by atoms with van der Waals surface area (Å²) in [5.41, 5.74) is 9.64. The van der Waals surface area contributed by atoms with Crippen molar-refractivity contribution in [1.82, 2.24) is 4.90 Å². The highest BCUT2D eigenvalue weighted by atomic mass is 35.5. The Morgan fingerprint density at radius 1 is 1.33 bits per heavy atom. The fourth-order valence-corrected chi connectivity index (χ4v) is 3.05. The Morgan fingerprint density at radius 2 is 2.12 bits per heavy atom. The molecule has 0 aromatic heterocycles. The number of halogens is 2. The molecular formula is C19H18ClFN2O.